The summed E-state index contributed by atoms with van der Waals surface area (Å²) in [6, 6.07) is 6.32. The van der Waals surface area contributed by atoms with E-state index in [1.807, 2.05) is 12.3 Å². The van der Waals surface area contributed by atoms with Gasteiger partial charge in [-0.15, -0.1) is 0 Å². The van der Waals surface area contributed by atoms with Gasteiger partial charge >= 0.3 is 0 Å². The van der Waals surface area contributed by atoms with Crippen molar-refractivity contribution in [1.29, 1.82) is 0 Å². The van der Waals surface area contributed by atoms with Crippen LogP contribution in [0, 0.1) is 34.5 Å². The predicted molar refractivity (Wildman–Crippen MR) is 109 cm³/mol. The minimum absolute atomic E-state index is 0.441. The first-order chi connectivity index (χ1) is 12.6. The maximum absolute atomic E-state index is 4.58. The lowest BCUT2D eigenvalue weighted by molar-refractivity contribution is -0.0971. The summed E-state index contributed by atoms with van der Waals surface area (Å²) in [5, 5.41) is 0. The molecule has 6 atom stereocenters. The fraction of sp³-hybridized carbons (Fsp3) is 0.720. The molecule has 0 spiro atoms. The van der Waals surface area contributed by atoms with E-state index in [2.05, 4.69) is 37.0 Å². The molecule has 5 rings (SSSR count). The summed E-state index contributed by atoms with van der Waals surface area (Å²) in [5.41, 5.74) is 3.97. The van der Waals surface area contributed by atoms with Crippen LogP contribution in [0.1, 0.15) is 83.7 Å². The largest absolute Gasteiger partial charge is 0.257 e. The molecule has 4 saturated carbocycles. The fourth-order valence-corrected chi connectivity index (χ4v) is 8.02. The van der Waals surface area contributed by atoms with Gasteiger partial charge in [0.1, 0.15) is 0 Å². The normalized spacial score (nSPS) is 46.5. The average molecular weight is 350 g/mol. The average Bonchev–Trinajstić information content (AvgIpc) is 2.98. The van der Waals surface area contributed by atoms with Crippen molar-refractivity contribution in [3.8, 4) is 0 Å². The molecule has 26 heavy (non-hydrogen) atoms. The van der Waals surface area contributed by atoms with Crippen LogP contribution in [-0.2, 0) is 0 Å². The van der Waals surface area contributed by atoms with Crippen molar-refractivity contribution in [1.82, 2.24) is 4.98 Å². The van der Waals surface area contributed by atoms with Crippen LogP contribution in [0.15, 0.2) is 30.0 Å². The highest BCUT2D eigenvalue weighted by Crippen LogP contribution is 2.67. The van der Waals surface area contributed by atoms with Crippen molar-refractivity contribution in [2.75, 3.05) is 0 Å². The highest BCUT2D eigenvalue weighted by molar-refractivity contribution is 5.52. The van der Waals surface area contributed by atoms with E-state index in [4.69, 9.17) is 0 Å². The van der Waals surface area contributed by atoms with Gasteiger partial charge in [-0.2, -0.15) is 0 Å². The molecular formula is C25H35N. The van der Waals surface area contributed by atoms with Gasteiger partial charge in [-0.3, -0.25) is 4.98 Å². The lowest BCUT2D eigenvalue weighted by atomic mass is 9.45. The van der Waals surface area contributed by atoms with E-state index in [-0.39, 0.29) is 0 Å². The third kappa shape index (κ3) is 2.45. The molecule has 0 N–H and O–H groups in total. The van der Waals surface area contributed by atoms with Crippen molar-refractivity contribution in [3.63, 3.8) is 0 Å². The lowest BCUT2D eigenvalue weighted by Gasteiger charge is -2.60. The highest BCUT2D eigenvalue weighted by Gasteiger charge is 2.58. The molecule has 1 heterocycles. The van der Waals surface area contributed by atoms with Crippen LogP contribution >= 0.6 is 0 Å². The molecular weight excluding hydrogens is 314 g/mol. The number of fused-ring (bicyclic) bond motifs is 5. The molecule has 0 aliphatic heterocycles. The minimum Gasteiger partial charge on any atom is -0.257 e. The van der Waals surface area contributed by atoms with Crippen molar-refractivity contribution in [3.05, 3.63) is 35.7 Å². The molecule has 1 heteroatoms. The molecule has 1 unspecified atom stereocenters. The number of allylic oxidation sites excluding steroid dienone is 1. The smallest absolute Gasteiger partial charge is 0.0629 e. The molecule has 140 valence electrons. The van der Waals surface area contributed by atoms with Crippen molar-refractivity contribution in [2.45, 2.75) is 78.1 Å². The van der Waals surface area contributed by atoms with Gasteiger partial charge in [-0.1, -0.05) is 38.3 Å². The van der Waals surface area contributed by atoms with E-state index in [1.165, 1.54) is 64.2 Å². The molecule has 0 amide bonds. The lowest BCUT2D eigenvalue weighted by Crippen LogP contribution is -2.52. The Bertz CT molecular complexity index is 691. The molecule has 1 aromatic rings. The molecule has 0 aromatic carbocycles. The SMILES string of the molecule is C[C@]12CCCCC1CC[C@@H]1[C@@H]2CC[C@]2(C)C(=Cc3ccccn3)CC[C@@H]12. The maximum Gasteiger partial charge on any atom is 0.0629 e. The molecule has 0 saturated heterocycles. The van der Waals surface area contributed by atoms with E-state index in [0.717, 1.165) is 29.4 Å². The van der Waals surface area contributed by atoms with Gasteiger partial charge in [-0.05, 0) is 104 Å². The van der Waals surface area contributed by atoms with Crippen molar-refractivity contribution >= 4 is 6.08 Å². The van der Waals surface area contributed by atoms with Gasteiger partial charge in [0.2, 0.25) is 0 Å². The van der Waals surface area contributed by atoms with E-state index in [9.17, 15) is 0 Å². The van der Waals surface area contributed by atoms with Crippen LogP contribution in [0.25, 0.3) is 6.08 Å². The third-order valence-corrected chi connectivity index (χ3v) is 9.44. The first kappa shape index (κ1) is 17.0. The Morgan fingerprint density at radius 3 is 2.73 bits per heavy atom. The Hall–Kier alpha value is -1.11. The second-order valence-electron chi connectivity index (χ2n) is 10.3. The van der Waals surface area contributed by atoms with Crippen LogP contribution in [0.5, 0.6) is 0 Å². The molecule has 0 bridgehead atoms. The number of nitrogens with zero attached hydrogens (tertiary/aromatic N) is 1. The second kappa shape index (κ2) is 6.21. The maximum atomic E-state index is 4.58. The monoisotopic (exact) mass is 349 g/mol. The van der Waals surface area contributed by atoms with Gasteiger partial charge in [0, 0.05) is 6.20 Å². The molecule has 4 aliphatic carbocycles. The van der Waals surface area contributed by atoms with E-state index in [1.54, 1.807) is 5.57 Å². The summed E-state index contributed by atoms with van der Waals surface area (Å²) in [6.07, 6.45) is 19.1. The van der Waals surface area contributed by atoms with Crippen LogP contribution < -0.4 is 0 Å². The summed E-state index contributed by atoms with van der Waals surface area (Å²) in [7, 11) is 0. The van der Waals surface area contributed by atoms with E-state index in [0.29, 0.717) is 10.8 Å². The Morgan fingerprint density at radius 2 is 1.88 bits per heavy atom. The number of pyridine rings is 1. The van der Waals surface area contributed by atoms with Crippen molar-refractivity contribution < 1.29 is 0 Å². The molecule has 4 fully saturated rings. The summed E-state index contributed by atoms with van der Waals surface area (Å²) < 4.78 is 0. The standard InChI is InChI=1S/C25H35N/c1-24-14-5-3-7-18(24)9-11-21-22-12-10-19(17-20-8-4-6-16-26-20)25(22,2)15-13-23(21)24/h4,6,8,16-18,21-23H,3,5,7,9-15H2,1-2H3/t18?,21-,22-,23-,24-,25+/m0/s1. The number of hydrogen-bond acceptors (Lipinski definition) is 1. The van der Waals surface area contributed by atoms with Crippen LogP contribution in [0.3, 0.4) is 0 Å². The Balaban J connectivity index is 1.44. The van der Waals surface area contributed by atoms with E-state index < -0.39 is 0 Å². The summed E-state index contributed by atoms with van der Waals surface area (Å²) >= 11 is 0. The quantitative estimate of drug-likeness (QED) is 0.537. The van der Waals surface area contributed by atoms with Gasteiger partial charge in [0.25, 0.3) is 0 Å². The predicted octanol–water partition coefficient (Wildman–Crippen LogP) is 6.90. The van der Waals surface area contributed by atoms with Gasteiger partial charge < -0.3 is 0 Å². The zero-order valence-electron chi connectivity index (χ0n) is 16.7. The molecule has 1 nitrogen and oxygen atoms in total. The first-order valence-electron chi connectivity index (χ1n) is 11.2. The zero-order chi connectivity index (χ0) is 17.8. The van der Waals surface area contributed by atoms with Gasteiger partial charge in [-0.25, -0.2) is 0 Å². The van der Waals surface area contributed by atoms with Gasteiger partial charge in [0.15, 0.2) is 0 Å². The van der Waals surface area contributed by atoms with Gasteiger partial charge in [0.05, 0.1) is 5.69 Å². The Kier molecular flexibility index (Phi) is 4.07. The summed E-state index contributed by atoms with van der Waals surface area (Å²) in [6.45, 7) is 5.29. The van der Waals surface area contributed by atoms with E-state index >= 15 is 0 Å². The Morgan fingerprint density at radius 1 is 0.962 bits per heavy atom. The van der Waals surface area contributed by atoms with Crippen LogP contribution in [0.4, 0.5) is 0 Å². The number of hydrogen-bond donors (Lipinski definition) is 0. The summed E-state index contributed by atoms with van der Waals surface area (Å²) in [5.74, 6) is 3.96. The number of rotatable bonds is 1. The Labute approximate surface area is 159 Å². The second-order valence-corrected chi connectivity index (χ2v) is 10.3. The first-order valence-corrected chi connectivity index (χ1v) is 11.2. The molecule has 0 radical (unpaired) electrons. The van der Waals surface area contributed by atoms with Crippen molar-refractivity contribution in [2.24, 2.45) is 34.5 Å². The molecule has 1 aromatic heterocycles. The minimum atomic E-state index is 0.441. The summed E-state index contributed by atoms with van der Waals surface area (Å²) in [4.78, 5) is 4.58. The number of aromatic nitrogens is 1. The van der Waals surface area contributed by atoms with Crippen LogP contribution in [0.2, 0.25) is 0 Å². The molecule has 4 aliphatic rings. The zero-order valence-corrected chi connectivity index (χ0v) is 16.7. The fourth-order valence-electron chi connectivity index (χ4n) is 8.02. The third-order valence-electron chi connectivity index (χ3n) is 9.44. The topological polar surface area (TPSA) is 12.9 Å². The highest BCUT2D eigenvalue weighted by atomic mass is 14.7. The van der Waals surface area contributed by atoms with Crippen LogP contribution in [-0.4, -0.2) is 4.98 Å².